The van der Waals surface area contributed by atoms with Crippen LogP contribution in [0.25, 0.3) is 0 Å². The number of nitrogens with two attached hydrogens (primary N) is 1. The predicted octanol–water partition coefficient (Wildman–Crippen LogP) is 2.99. The molecule has 0 saturated heterocycles. The van der Waals surface area contributed by atoms with Crippen molar-refractivity contribution in [3.05, 3.63) is 71.8 Å². The first-order chi connectivity index (χ1) is 14.8. The van der Waals surface area contributed by atoms with Gasteiger partial charge in [0.25, 0.3) is 0 Å². The molecule has 6 heteroatoms. The van der Waals surface area contributed by atoms with Crippen LogP contribution < -0.4 is 11.1 Å². The largest absolute Gasteiger partial charge is 0.480 e. The van der Waals surface area contributed by atoms with Crippen LogP contribution in [0.3, 0.4) is 0 Å². The Balaban J connectivity index is 2.12. The Morgan fingerprint density at radius 3 is 1.90 bits per heavy atom. The molecule has 0 spiro atoms. The van der Waals surface area contributed by atoms with E-state index in [4.69, 9.17) is 5.73 Å². The summed E-state index contributed by atoms with van der Waals surface area (Å²) >= 11 is 0. The van der Waals surface area contributed by atoms with Crippen LogP contribution in [0.15, 0.2) is 60.7 Å². The Morgan fingerprint density at radius 2 is 1.42 bits per heavy atom. The van der Waals surface area contributed by atoms with Crippen LogP contribution in [-0.4, -0.2) is 34.8 Å². The summed E-state index contributed by atoms with van der Waals surface area (Å²) in [5.41, 5.74) is 7.99. The van der Waals surface area contributed by atoms with Gasteiger partial charge in [0.1, 0.15) is 6.04 Å². The highest BCUT2D eigenvalue weighted by Crippen LogP contribution is 2.17. The van der Waals surface area contributed by atoms with E-state index in [-0.39, 0.29) is 18.1 Å². The van der Waals surface area contributed by atoms with Gasteiger partial charge in [-0.05, 0) is 36.3 Å². The second-order valence-electron chi connectivity index (χ2n) is 8.38. The molecule has 3 atom stereocenters. The van der Waals surface area contributed by atoms with E-state index in [0.29, 0.717) is 19.3 Å². The van der Waals surface area contributed by atoms with Crippen molar-refractivity contribution in [1.29, 1.82) is 0 Å². The zero-order valence-electron chi connectivity index (χ0n) is 18.2. The Hall–Kier alpha value is -2.99. The lowest BCUT2D eigenvalue weighted by Gasteiger charge is -2.22. The van der Waals surface area contributed by atoms with Gasteiger partial charge < -0.3 is 16.2 Å². The Bertz CT molecular complexity index is 852. The number of carboxylic acid groups (broad SMARTS) is 1. The summed E-state index contributed by atoms with van der Waals surface area (Å²) in [6, 6.07) is 17.2. The fourth-order valence-electron chi connectivity index (χ4n) is 3.51. The third-order valence-electron chi connectivity index (χ3n) is 5.18. The Labute approximate surface area is 183 Å². The molecule has 0 aliphatic rings. The summed E-state index contributed by atoms with van der Waals surface area (Å²) in [5.74, 6) is -2.30. The number of rotatable bonds is 12. The first-order valence-electron chi connectivity index (χ1n) is 10.7. The molecule has 6 nitrogen and oxygen atoms in total. The SMILES string of the molecule is CC(C)C[C@@H](NC(=O)[C@H](CC(=O)[C@H](N)Cc1ccccc1)Cc1ccccc1)C(=O)O. The van der Waals surface area contributed by atoms with Crippen LogP contribution >= 0.6 is 0 Å². The molecule has 2 aromatic carbocycles. The lowest BCUT2D eigenvalue weighted by molar-refractivity contribution is -0.143. The molecular formula is C25H32N2O4. The van der Waals surface area contributed by atoms with Crippen LogP contribution in [0, 0.1) is 11.8 Å². The first kappa shape index (κ1) is 24.3. The maximum atomic E-state index is 13.0. The van der Waals surface area contributed by atoms with Gasteiger partial charge in [-0.3, -0.25) is 9.59 Å². The second kappa shape index (κ2) is 12.0. The lowest BCUT2D eigenvalue weighted by atomic mass is 9.89. The normalized spacial score (nSPS) is 13.9. The van der Waals surface area contributed by atoms with E-state index in [1.165, 1.54) is 0 Å². The van der Waals surface area contributed by atoms with Crippen LogP contribution in [0.4, 0.5) is 0 Å². The highest BCUT2D eigenvalue weighted by atomic mass is 16.4. The predicted molar refractivity (Wildman–Crippen MR) is 120 cm³/mol. The highest BCUT2D eigenvalue weighted by molar-refractivity contribution is 5.91. The van der Waals surface area contributed by atoms with Crippen molar-refractivity contribution in [2.24, 2.45) is 17.6 Å². The molecular weight excluding hydrogens is 392 g/mol. The van der Waals surface area contributed by atoms with Gasteiger partial charge in [-0.25, -0.2) is 4.79 Å². The zero-order chi connectivity index (χ0) is 22.8. The maximum Gasteiger partial charge on any atom is 0.326 e. The summed E-state index contributed by atoms with van der Waals surface area (Å²) < 4.78 is 0. The zero-order valence-corrected chi connectivity index (χ0v) is 18.2. The molecule has 2 rings (SSSR count). The standard InChI is InChI=1S/C25H32N2O4/c1-17(2)13-22(25(30)31)27-24(29)20(14-18-9-5-3-6-10-18)16-23(28)21(26)15-19-11-7-4-8-12-19/h3-12,17,20-22H,13-16,26H2,1-2H3,(H,27,29)(H,30,31)/t20-,21+,22+/m0/s1. The highest BCUT2D eigenvalue weighted by Gasteiger charge is 2.29. The number of ketones is 1. The number of carbonyl (C=O) groups is 3. The second-order valence-corrected chi connectivity index (χ2v) is 8.38. The third-order valence-corrected chi connectivity index (χ3v) is 5.18. The average molecular weight is 425 g/mol. The first-order valence-corrected chi connectivity index (χ1v) is 10.7. The van der Waals surface area contributed by atoms with Gasteiger partial charge in [0.2, 0.25) is 5.91 Å². The molecule has 166 valence electrons. The molecule has 0 unspecified atom stereocenters. The van der Waals surface area contributed by atoms with Gasteiger partial charge in [0, 0.05) is 12.3 Å². The minimum Gasteiger partial charge on any atom is -0.480 e. The third kappa shape index (κ3) is 8.34. The van der Waals surface area contributed by atoms with Crippen LogP contribution in [0.5, 0.6) is 0 Å². The van der Waals surface area contributed by atoms with E-state index in [9.17, 15) is 19.5 Å². The number of amides is 1. The van der Waals surface area contributed by atoms with E-state index >= 15 is 0 Å². The van der Waals surface area contributed by atoms with Crippen LogP contribution in [-0.2, 0) is 27.2 Å². The van der Waals surface area contributed by atoms with Gasteiger partial charge in [-0.2, -0.15) is 0 Å². The molecule has 4 N–H and O–H groups in total. The number of nitrogens with one attached hydrogen (secondary N) is 1. The molecule has 0 radical (unpaired) electrons. The maximum absolute atomic E-state index is 13.0. The Morgan fingerprint density at radius 1 is 0.903 bits per heavy atom. The van der Waals surface area contributed by atoms with Crippen molar-refractivity contribution < 1.29 is 19.5 Å². The van der Waals surface area contributed by atoms with Gasteiger partial charge in [-0.1, -0.05) is 74.5 Å². The number of aliphatic carboxylic acids is 1. The molecule has 0 fully saturated rings. The molecule has 0 saturated carbocycles. The van der Waals surface area contributed by atoms with E-state index in [0.717, 1.165) is 11.1 Å². The van der Waals surface area contributed by atoms with Crippen molar-refractivity contribution in [1.82, 2.24) is 5.32 Å². The number of carboxylic acids is 1. The molecule has 2 aromatic rings. The number of hydrogen-bond donors (Lipinski definition) is 3. The number of benzene rings is 2. The van der Waals surface area contributed by atoms with Crippen molar-refractivity contribution in [3.63, 3.8) is 0 Å². The fourth-order valence-corrected chi connectivity index (χ4v) is 3.51. The van der Waals surface area contributed by atoms with Crippen molar-refractivity contribution in [2.75, 3.05) is 0 Å². The van der Waals surface area contributed by atoms with Crippen molar-refractivity contribution >= 4 is 17.7 Å². The summed E-state index contributed by atoms with van der Waals surface area (Å²) in [6.07, 6.45) is 1.01. The van der Waals surface area contributed by atoms with Crippen molar-refractivity contribution in [2.45, 2.75) is 51.6 Å². The van der Waals surface area contributed by atoms with Crippen LogP contribution in [0.2, 0.25) is 0 Å². The molecule has 0 aromatic heterocycles. The summed E-state index contributed by atoms with van der Waals surface area (Å²) in [4.78, 5) is 37.4. The molecule has 0 bridgehead atoms. The molecule has 31 heavy (non-hydrogen) atoms. The molecule has 0 aliphatic carbocycles. The summed E-state index contributed by atoms with van der Waals surface area (Å²) in [7, 11) is 0. The molecule has 0 aliphatic heterocycles. The van der Waals surface area contributed by atoms with E-state index in [1.54, 1.807) is 0 Å². The molecule has 0 heterocycles. The smallest absolute Gasteiger partial charge is 0.326 e. The number of hydrogen-bond acceptors (Lipinski definition) is 4. The van der Waals surface area contributed by atoms with Gasteiger partial charge in [0.05, 0.1) is 6.04 Å². The van der Waals surface area contributed by atoms with Crippen LogP contribution in [0.1, 0.15) is 37.8 Å². The quantitative estimate of drug-likeness (QED) is 0.485. The Kier molecular flexibility index (Phi) is 9.40. The van der Waals surface area contributed by atoms with Gasteiger partial charge in [0.15, 0.2) is 5.78 Å². The minimum absolute atomic E-state index is 0.0389. The van der Waals surface area contributed by atoms with E-state index < -0.39 is 29.9 Å². The fraction of sp³-hybridized carbons (Fsp3) is 0.400. The summed E-state index contributed by atoms with van der Waals surface area (Å²) in [5, 5.41) is 12.1. The monoisotopic (exact) mass is 424 g/mol. The number of Topliss-reactive ketones (excluding diaryl/α,β-unsaturated/α-hetero) is 1. The number of carbonyl (C=O) groups excluding carboxylic acids is 2. The van der Waals surface area contributed by atoms with Gasteiger partial charge in [-0.15, -0.1) is 0 Å². The van der Waals surface area contributed by atoms with E-state index in [1.807, 2.05) is 74.5 Å². The topological polar surface area (TPSA) is 109 Å². The molecule has 1 amide bonds. The van der Waals surface area contributed by atoms with Gasteiger partial charge >= 0.3 is 5.97 Å². The summed E-state index contributed by atoms with van der Waals surface area (Å²) in [6.45, 7) is 3.80. The van der Waals surface area contributed by atoms with Crippen molar-refractivity contribution in [3.8, 4) is 0 Å². The lowest BCUT2D eigenvalue weighted by Crippen LogP contribution is -2.46. The van der Waals surface area contributed by atoms with E-state index in [2.05, 4.69) is 5.32 Å². The minimum atomic E-state index is -1.08. The average Bonchev–Trinajstić information content (AvgIpc) is 2.73.